The smallest absolute Gasteiger partial charge is 0.305 e. The predicted molar refractivity (Wildman–Crippen MR) is 85.9 cm³/mol. The van der Waals surface area contributed by atoms with Gasteiger partial charge in [0.2, 0.25) is 0 Å². The van der Waals surface area contributed by atoms with E-state index in [9.17, 15) is 4.79 Å². The van der Waals surface area contributed by atoms with Gasteiger partial charge in [-0.2, -0.15) is 5.10 Å². The zero-order chi connectivity index (χ0) is 16.3. The highest BCUT2D eigenvalue weighted by atomic mass is 32.1. The molecule has 0 radical (unpaired) electrons. The lowest BCUT2D eigenvalue weighted by atomic mass is 10.2. The van der Waals surface area contributed by atoms with E-state index in [2.05, 4.69) is 35.9 Å². The number of aliphatic carboxylic acids is 1. The van der Waals surface area contributed by atoms with E-state index < -0.39 is 5.97 Å². The van der Waals surface area contributed by atoms with E-state index in [0.717, 1.165) is 22.8 Å². The van der Waals surface area contributed by atoms with Gasteiger partial charge in [0.05, 0.1) is 35.9 Å². The third kappa shape index (κ3) is 4.14. The van der Waals surface area contributed by atoms with Crippen LogP contribution in [0.1, 0.15) is 40.5 Å². The van der Waals surface area contributed by atoms with Crippen LogP contribution in [-0.2, 0) is 17.9 Å². The Labute approximate surface area is 134 Å². The molecule has 0 aromatic carbocycles. The summed E-state index contributed by atoms with van der Waals surface area (Å²) in [5.41, 5.74) is 2.20. The molecule has 1 N–H and O–H groups in total. The molecule has 0 fully saturated rings. The molecule has 0 bridgehead atoms. The summed E-state index contributed by atoms with van der Waals surface area (Å²) in [6.07, 6.45) is 3.79. The monoisotopic (exact) mass is 322 g/mol. The number of carboxylic acid groups (broad SMARTS) is 1. The van der Waals surface area contributed by atoms with E-state index in [1.54, 1.807) is 22.2 Å². The Morgan fingerprint density at radius 2 is 2.23 bits per heavy atom. The number of carbonyl (C=O) groups is 1. The Hall–Kier alpha value is -1.73. The number of thiazole rings is 1. The SMILES string of the molecule is Cc1nc([C@H](C)N(C)Cc2cnn(CCC(=O)O)c2)c(C)s1. The molecule has 0 amide bonds. The number of hydrogen-bond acceptors (Lipinski definition) is 5. The second kappa shape index (κ2) is 7.02. The normalized spacial score (nSPS) is 12.8. The third-order valence-electron chi connectivity index (χ3n) is 3.67. The van der Waals surface area contributed by atoms with Gasteiger partial charge in [-0.3, -0.25) is 14.4 Å². The molecule has 0 aliphatic carbocycles. The Bertz CT molecular complexity index is 650. The summed E-state index contributed by atoms with van der Waals surface area (Å²) < 4.78 is 1.68. The molecule has 7 heteroatoms. The first-order chi connectivity index (χ1) is 10.4. The van der Waals surface area contributed by atoms with Crippen LogP contribution in [0.4, 0.5) is 0 Å². The van der Waals surface area contributed by atoms with Crippen molar-refractivity contribution < 1.29 is 9.90 Å². The van der Waals surface area contributed by atoms with Crippen molar-refractivity contribution in [1.82, 2.24) is 19.7 Å². The number of hydrogen-bond donors (Lipinski definition) is 1. The first-order valence-electron chi connectivity index (χ1n) is 7.24. The summed E-state index contributed by atoms with van der Waals surface area (Å²) >= 11 is 1.72. The number of nitrogens with zero attached hydrogens (tertiary/aromatic N) is 4. The summed E-state index contributed by atoms with van der Waals surface area (Å²) in [5, 5.41) is 14.0. The lowest BCUT2D eigenvalue weighted by Gasteiger charge is -2.23. The molecule has 2 rings (SSSR count). The first-order valence-corrected chi connectivity index (χ1v) is 8.05. The van der Waals surface area contributed by atoms with Crippen molar-refractivity contribution in [3.05, 3.63) is 33.5 Å². The van der Waals surface area contributed by atoms with E-state index >= 15 is 0 Å². The Morgan fingerprint density at radius 3 is 2.82 bits per heavy atom. The maximum Gasteiger partial charge on any atom is 0.305 e. The van der Waals surface area contributed by atoms with Gasteiger partial charge in [0.1, 0.15) is 0 Å². The van der Waals surface area contributed by atoms with Crippen LogP contribution in [-0.4, -0.2) is 37.8 Å². The maximum atomic E-state index is 10.6. The van der Waals surface area contributed by atoms with Crippen molar-refractivity contribution in [2.75, 3.05) is 7.05 Å². The molecular formula is C15H22N4O2S. The van der Waals surface area contributed by atoms with Gasteiger partial charge in [-0.25, -0.2) is 4.98 Å². The van der Waals surface area contributed by atoms with Gasteiger partial charge in [0.25, 0.3) is 0 Å². The Balaban J connectivity index is 1.98. The minimum absolute atomic E-state index is 0.0880. The molecule has 1 atom stereocenters. The van der Waals surface area contributed by atoms with Gasteiger partial charge in [-0.1, -0.05) is 0 Å². The summed E-state index contributed by atoms with van der Waals surface area (Å²) in [6, 6.07) is 0.229. The van der Waals surface area contributed by atoms with Crippen molar-refractivity contribution in [2.45, 2.75) is 46.3 Å². The van der Waals surface area contributed by atoms with E-state index in [4.69, 9.17) is 5.11 Å². The zero-order valence-electron chi connectivity index (χ0n) is 13.4. The molecule has 0 aliphatic rings. The van der Waals surface area contributed by atoms with Crippen LogP contribution in [0.15, 0.2) is 12.4 Å². The van der Waals surface area contributed by atoms with E-state index in [-0.39, 0.29) is 12.5 Å². The van der Waals surface area contributed by atoms with Crippen LogP contribution in [0.3, 0.4) is 0 Å². The molecule has 2 heterocycles. The minimum Gasteiger partial charge on any atom is -0.481 e. The van der Waals surface area contributed by atoms with Crippen LogP contribution in [0.2, 0.25) is 0 Å². The number of aromatic nitrogens is 3. The van der Waals surface area contributed by atoms with E-state index in [1.807, 2.05) is 13.1 Å². The van der Waals surface area contributed by atoms with E-state index in [0.29, 0.717) is 6.54 Å². The third-order valence-corrected chi connectivity index (χ3v) is 4.57. The second-order valence-electron chi connectivity index (χ2n) is 5.52. The average molecular weight is 322 g/mol. The van der Waals surface area contributed by atoms with Gasteiger partial charge >= 0.3 is 5.97 Å². The molecule has 0 saturated carbocycles. The zero-order valence-corrected chi connectivity index (χ0v) is 14.2. The molecule has 6 nitrogen and oxygen atoms in total. The largest absolute Gasteiger partial charge is 0.481 e. The summed E-state index contributed by atoms with van der Waals surface area (Å²) in [7, 11) is 2.06. The highest BCUT2D eigenvalue weighted by molar-refractivity contribution is 7.11. The Kier molecular flexibility index (Phi) is 5.31. The first kappa shape index (κ1) is 16.6. The fourth-order valence-corrected chi connectivity index (χ4v) is 3.29. The van der Waals surface area contributed by atoms with Crippen LogP contribution in [0.25, 0.3) is 0 Å². The van der Waals surface area contributed by atoms with Crippen molar-refractivity contribution in [3.63, 3.8) is 0 Å². The van der Waals surface area contributed by atoms with Gasteiger partial charge in [-0.15, -0.1) is 11.3 Å². The van der Waals surface area contributed by atoms with Crippen LogP contribution in [0.5, 0.6) is 0 Å². The maximum absolute atomic E-state index is 10.6. The molecule has 2 aromatic rings. The number of carboxylic acids is 1. The quantitative estimate of drug-likeness (QED) is 0.848. The molecule has 2 aromatic heterocycles. The fraction of sp³-hybridized carbons (Fsp3) is 0.533. The van der Waals surface area contributed by atoms with Gasteiger partial charge in [0.15, 0.2) is 0 Å². The van der Waals surface area contributed by atoms with E-state index in [1.165, 1.54) is 4.88 Å². The lowest BCUT2D eigenvalue weighted by Crippen LogP contribution is -2.22. The molecule has 0 unspecified atom stereocenters. The van der Waals surface area contributed by atoms with Crippen LogP contribution < -0.4 is 0 Å². The predicted octanol–water partition coefficient (Wildman–Crippen LogP) is 2.62. The topological polar surface area (TPSA) is 71.2 Å². The van der Waals surface area contributed by atoms with Crippen LogP contribution in [0, 0.1) is 13.8 Å². The van der Waals surface area contributed by atoms with Crippen LogP contribution >= 0.6 is 11.3 Å². The summed E-state index contributed by atoms with van der Waals surface area (Å²) in [4.78, 5) is 18.7. The van der Waals surface area contributed by atoms with Gasteiger partial charge < -0.3 is 5.11 Å². The second-order valence-corrected chi connectivity index (χ2v) is 6.93. The summed E-state index contributed by atoms with van der Waals surface area (Å²) in [5.74, 6) is -0.808. The number of aryl methyl sites for hydroxylation is 3. The van der Waals surface area contributed by atoms with Crippen molar-refractivity contribution in [3.8, 4) is 0 Å². The van der Waals surface area contributed by atoms with Crippen molar-refractivity contribution >= 4 is 17.3 Å². The summed E-state index contributed by atoms with van der Waals surface area (Å²) in [6.45, 7) is 7.44. The lowest BCUT2D eigenvalue weighted by molar-refractivity contribution is -0.137. The molecule has 120 valence electrons. The highest BCUT2D eigenvalue weighted by Crippen LogP contribution is 2.26. The van der Waals surface area contributed by atoms with Gasteiger partial charge in [0, 0.05) is 23.2 Å². The van der Waals surface area contributed by atoms with Gasteiger partial charge in [-0.05, 0) is 27.8 Å². The molecule has 0 aliphatic heterocycles. The Morgan fingerprint density at radius 1 is 1.50 bits per heavy atom. The highest BCUT2D eigenvalue weighted by Gasteiger charge is 2.18. The number of rotatable bonds is 7. The van der Waals surface area contributed by atoms with Crippen molar-refractivity contribution in [1.29, 1.82) is 0 Å². The molecular weight excluding hydrogens is 300 g/mol. The van der Waals surface area contributed by atoms with Crippen molar-refractivity contribution in [2.24, 2.45) is 0 Å². The molecule has 22 heavy (non-hydrogen) atoms. The fourth-order valence-electron chi connectivity index (χ4n) is 2.39. The standard InChI is InChI=1S/C15H22N4O2S/c1-10(15-11(2)22-12(3)17-15)18(4)8-13-7-16-19(9-13)6-5-14(20)21/h7,9-10H,5-6,8H2,1-4H3,(H,20,21)/t10-/m0/s1. The molecule has 0 saturated heterocycles. The minimum atomic E-state index is -0.808. The molecule has 0 spiro atoms. The average Bonchev–Trinajstić information content (AvgIpc) is 3.02.